The van der Waals surface area contributed by atoms with Crippen LogP contribution in [0.4, 0.5) is 17.6 Å². The third kappa shape index (κ3) is 3.94. The highest BCUT2D eigenvalue weighted by molar-refractivity contribution is 9.09. The fourth-order valence-electron chi connectivity index (χ4n) is 2.58. The smallest absolute Gasteiger partial charge is 0.207 e. The van der Waals surface area contributed by atoms with Gasteiger partial charge in [-0.05, 0) is 36.8 Å². The monoisotopic (exact) mass is 338 g/mol. The van der Waals surface area contributed by atoms with Gasteiger partial charge >= 0.3 is 0 Å². The van der Waals surface area contributed by atoms with E-state index in [-0.39, 0.29) is 23.6 Å². The fourth-order valence-corrected chi connectivity index (χ4v) is 3.38. The summed E-state index contributed by atoms with van der Waals surface area (Å²) in [6.45, 7) is 0. The van der Waals surface area contributed by atoms with E-state index in [1.807, 2.05) is 0 Å². The normalized spacial score (nSPS) is 24.2. The Bertz CT molecular complexity index is 447. The van der Waals surface area contributed by atoms with E-state index in [9.17, 15) is 17.6 Å². The molecule has 2 unspecified atom stereocenters. The van der Waals surface area contributed by atoms with Crippen molar-refractivity contribution in [2.24, 2.45) is 5.92 Å². The zero-order chi connectivity index (χ0) is 14.0. The Morgan fingerprint density at radius 3 is 2.68 bits per heavy atom. The molecule has 2 atom stereocenters. The van der Waals surface area contributed by atoms with Crippen molar-refractivity contribution in [1.29, 1.82) is 0 Å². The Morgan fingerprint density at radius 2 is 2.05 bits per heavy atom. The maximum Gasteiger partial charge on any atom is 0.248 e. The first kappa shape index (κ1) is 14.8. The van der Waals surface area contributed by atoms with Crippen molar-refractivity contribution in [1.82, 2.24) is 0 Å². The summed E-state index contributed by atoms with van der Waals surface area (Å²) in [5.41, 5.74) is 0.358. The molecule has 1 fully saturated rings. The molecule has 0 amide bonds. The van der Waals surface area contributed by atoms with Crippen LogP contribution in [0.3, 0.4) is 0 Å². The SMILES string of the molecule is Fc1ccc(CC(Br)C2CCCC(F)(F)C2)c(F)c1. The minimum absolute atomic E-state index is 0.0614. The fraction of sp³-hybridized carbons (Fsp3) is 0.571. The summed E-state index contributed by atoms with van der Waals surface area (Å²) in [6.07, 6.45) is 1.28. The number of hydrogen-bond acceptors (Lipinski definition) is 0. The van der Waals surface area contributed by atoms with Gasteiger partial charge in [0.25, 0.3) is 0 Å². The average molecular weight is 339 g/mol. The molecule has 0 N–H and O–H groups in total. The van der Waals surface area contributed by atoms with Crippen LogP contribution in [-0.4, -0.2) is 10.7 Å². The van der Waals surface area contributed by atoms with Crippen molar-refractivity contribution in [3.63, 3.8) is 0 Å². The number of alkyl halides is 3. The van der Waals surface area contributed by atoms with E-state index in [4.69, 9.17) is 0 Å². The molecule has 0 heterocycles. The van der Waals surface area contributed by atoms with E-state index in [0.29, 0.717) is 24.8 Å². The first-order valence-electron chi connectivity index (χ1n) is 6.33. The molecule has 0 radical (unpaired) electrons. The second kappa shape index (κ2) is 5.81. The Hall–Kier alpha value is -0.580. The minimum Gasteiger partial charge on any atom is -0.207 e. The van der Waals surface area contributed by atoms with Crippen LogP contribution in [0.25, 0.3) is 0 Å². The summed E-state index contributed by atoms with van der Waals surface area (Å²) in [6, 6.07) is 3.39. The van der Waals surface area contributed by atoms with Crippen LogP contribution in [0.15, 0.2) is 18.2 Å². The Labute approximate surface area is 118 Å². The topological polar surface area (TPSA) is 0 Å². The van der Waals surface area contributed by atoms with Gasteiger partial charge in [0.05, 0.1) is 0 Å². The summed E-state index contributed by atoms with van der Waals surface area (Å²) in [5, 5.41) is 0. The summed E-state index contributed by atoms with van der Waals surface area (Å²) in [4.78, 5) is -0.210. The molecule has 0 spiro atoms. The second-order valence-electron chi connectivity index (χ2n) is 5.17. The highest BCUT2D eigenvalue weighted by Gasteiger charge is 2.38. The standard InChI is InChI=1S/C14H15BrF4/c15-12(10-2-1-5-14(18,19)8-10)6-9-3-4-11(16)7-13(9)17/h3-4,7,10,12H,1-2,5-6,8H2. The van der Waals surface area contributed by atoms with Crippen molar-refractivity contribution in [3.05, 3.63) is 35.4 Å². The first-order chi connectivity index (χ1) is 8.87. The van der Waals surface area contributed by atoms with Gasteiger partial charge < -0.3 is 0 Å². The van der Waals surface area contributed by atoms with Crippen molar-refractivity contribution >= 4 is 15.9 Å². The van der Waals surface area contributed by atoms with Crippen LogP contribution < -0.4 is 0 Å². The largest absolute Gasteiger partial charge is 0.248 e. The lowest BCUT2D eigenvalue weighted by atomic mass is 9.83. The molecule has 1 aromatic rings. The third-order valence-electron chi connectivity index (χ3n) is 3.62. The van der Waals surface area contributed by atoms with E-state index >= 15 is 0 Å². The number of benzene rings is 1. The van der Waals surface area contributed by atoms with Gasteiger partial charge in [0.15, 0.2) is 0 Å². The van der Waals surface area contributed by atoms with Gasteiger partial charge in [-0.25, -0.2) is 17.6 Å². The molecule has 0 bridgehead atoms. The molecule has 0 aromatic heterocycles. The zero-order valence-electron chi connectivity index (χ0n) is 10.3. The zero-order valence-corrected chi connectivity index (χ0v) is 11.9. The average Bonchev–Trinajstić information content (AvgIpc) is 2.31. The van der Waals surface area contributed by atoms with Crippen molar-refractivity contribution in [2.45, 2.75) is 42.9 Å². The summed E-state index contributed by atoms with van der Waals surface area (Å²) >= 11 is 3.39. The third-order valence-corrected chi connectivity index (χ3v) is 4.69. The molecule has 0 nitrogen and oxygen atoms in total. The number of rotatable bonds is 3. The first-order valence-corrected chi connectivity index (χ1v) is 7.25. The molecule has 1 aliphatic carbocycles. The van der Waals surface area contributed by atoms with Crippen LogP contribution in [0, 0.1) is 17.6 Å². The van der Waals surface area contributed by atoms with E-state index in [2.05, 4.69) is 15.9 Å². The van der Waals surface area contributed by atoms with Crippen molar-refractivity contribution < 1.29 is 17.6 Å². The molecule has 5 heteroatoms. The summed E-state index contributed by atoms with van der Waals surface area (Å²) < 4.78 is 53.0. The lowest BCUT2D eigenvalue weighted by Gasteiger charge is -2.32. The molecule has 106 valence electrons. The lowest BCUT2D eigenvalue weighted by Crippen LogP contribution is -2.31. The maximum absolute atomic E-state index is 13.5. The summed E-state index contributed by atoms with van der Waals surface area (Å²) in [5.74, 6) is -4.03. The van der Waals surface area contributed by atoms with Gasteiger partial charge in [-0.3, -0.25) is 0 Å². The Morgan fingerprint density at radius 1 is 1.32 bits per heavy atom. The van der Waals surface area contributed by atoms with Gasteiger partial charge in [0, 0.05) is 23.7 Å². The van der Waals surface area contributed by atoms with Crippen LogP contribution in [0.1, 0.15) is 31.2 Å². The highest BCUT2D eigenvalue weighted by atomic mass is 79.9. The predicted molar refractivity (Wildman–Crippen MR) is 69.7 cm³/mol. The van der Waals surface area contributed by atoms with E-state index < -0.39 is 17.6 Å². The van der Waals surface area contributed by atoms with Crippen LogP contribution in [0.5, 0.6) is 0 Å². The van der Waals surface area contributed by atoms with Gasteiger partial charge in [-0.1, -0.05) is 22.0 Å². The van der Waals surface area contributed by atoms with Gasteiger partial charge in [-0.2, -0.15) is 0 Å². The minimum atomic E-state index is -2.61. The molecule has 1 aliphatic rings. The molecule has 0 saturated heterocycles. The van der Waals surface area contributed by atoms with Crippen LogP contribution in [-0.2, 0) is 6.42 Å². The quantitative estimate of drug-likeness (QED) is 0.531. The van der Waals surface area contributed by atoms with E-state index in [1.54, 1.807) is 0 Å². The highest BCUT2D eigenvalue weighted by Crippen LogP contribution is 2.40. The Kier molecular flexibility index (Phi) is 4.54. The van der Waals surface area contributed by atoms with Crippen LogP contribution in [0.2, 0.25) is 0 Å². The van der Waals surface area contributed by atoms with Gasteiger partial charge in [0.1, 0.15) is 11.6 Å². The van der Waals surface area contributed by atoms with Gasteiger partial charge in [-0.15, -0.1) is 0 Å². The van der Waals surface area contributed by atoms with Crippen LogP contribution >= 0.6 is 15.9 Å². The summed E-state index contributed by atoms with van der Waals surface area (Å²) in [7, 11) is 0. The number of hydrogen-bond donors (Lipinski definition) is 0. The molecular weight excluding hydrogens is 324 g/mol. The Balaban J connectivity index is 2.02. The van der Waals surface area contributed by atoms with E-state index in [1.165, 1.54) is 12.1 Å². The van der Waals surface area contributed by atoms with E-state index in [0.717, 1.165) is 6.07 Å². The molecule has 1 saturated carbocycles. The number of halogens is 5. The molecule has 0 aliphatic heterocycles. The van der Waals surface area contributed by atoms with Crippen molar-refractivity contribution in [3.8, 4) is 0 Å². The van der Waals surface area contributed by atoms with Crippen molar-refractivity contribution in [2.75, 3.05) is 0 Å². The molecule has 19 heavy (non-hydrogen) atoms. The predicted octanol–water partition coefficient (Wildman–Crippen LogP) is 5.10. The molecular formula is C14H15BrF4. The molecule has 1 aromatic carbocycles. The maximum atomic E-state index is 13.5. The second-order valence-corrected chi connectivity index (χ2v) is 6.34. The lowest BCUT2D eigenvalue weighted by molar-refractivity contribution is -0.0522. The van der Waals surface area contributed by atoms with Gasteiger partial charge in [0.2, 0.25) is 5.92 Å². The molecule has 2 rings (SSSR count).